The average Bonchev–Trinajstić information content (AvgIpc) is 2.74. The van der Waals surface area contributed by atoms with E-state index in [1.54, 1.807) is 17.8 Å². The zero-order valence-electron chi connectivity index (χ0n) is 15.1. The molecule has 0 aromatic heterocycles. The summed E-state index contributed by atoms with van der Waals surface area (Å²) in [4.78, 5) is 0. The fourth-order valence-electron chi connectivity index (χ4n) is 3.67. The highest BCUT2D eigenvalue weighted by Crippen LogP contribution is 2.50. The maximum Gasteiger partial charge on any atom is 0.416 e. The van der Waals surface area contributed by atoms with Gasteiger partial charge in [-0.2, -0.15) is 13.2 Å². The Morgan fingerprint density at radius 3 is 1.86 bits per heavy atom. The van der Waals surface area contributed by atoms with Crippen LogP contribution in [0.4, 0.5) is 13.2 Å². The van der Waals surface area contributed by atoms with Crippen LogP contribution in [0, 0.1) is 0 Å². The lowest BCUT2D eigenvalue weighted by molar-refractivity contribution is -0.137. The van der Waals surface area contributed by atoms with Gasteiger partial charge in [0.25, 0.3) is 0 Å². The van der Waals surface area contributed by atoms with Crippen LogP contribution < -0.4 is 0 Å². The van der Waals surface area contributed by atoms with Crippen molar-refractivity contribution >= 4 is 17.3 Å². The Balaban J connectivity index is 1.72. The topological polar surface area (TPSA) is 0 Å². The normalized spacial score (nSPS) is 16.5. The van der Waals surface area contributed by atoms with Crippen LogP contribution in [0.15, 0.2) is 91.0 Å². The monoisotopic (exact) mass is 396 g/mol. The number of halogens is 3. The molecule has 0 saturated carbocycles. The Labute approximate surface area is 167 Å². The van der Waals surface area contributed by atoms with Gasteiger partial charge in [0.15, 0.2) is 0 Å². The summed E-state index contributed by atoms with van der Waals surface area (Å²) in [7, 11) is 0. The van der Waals surface area contributed by atoms with E-state index < -0.39 is 11.7 Å². The van der Waals surface area contributed by atoms with Gasteiger partial charge in [0.05, 0.1) is 10.3 Å². The molecule has 0 spiro atoms. The van der Waals surface area contributed by atoms with Gasteiger partial charge in [-0.3, -0.25) is 0 Å². The summed E-state index contributed by atoms with van der Waals surface area (Å²) in [6.07, 6.45) is -1.49. The van der Waals surface area contributed by atoms with E-state index in [-0.39, 0.29) is 4.75 Å². The number of allylic oxidation sites excluding steroid dienone is 1. The van der Waals surface area contributed by atoms with E-state index in [1.165, 1.54) is 23.3 Å². The van der Waals surface area contributed by atoms with Crippen molar-refractivity contribution in [2.24, 2.45) is 0 Å². The van der Waals surface area contributed by atoms with Crippen molar-refractivity contribution in [1.29, 1.82) is 0 Å². The van der Waals surface area contributed by atoms with Crippen LogP contribution in [0.5, 0.6) is 0 Å². The van der Waals surface area contributed by atoms with E-state index in [2.05, 4.69) is 30.3 Å². The maximum absolute atomic E-state index is 13.1. The van der Waals surface area contributed by atoms with Gasteiger partial charge in [-0.1, -0.05) is 78.9 Å². The van der Waals surface area contributed by atoms with E-state index in [4.69, 9.17) is 0 Å². The molecule has 0 bridgehead atoms. The van der Waals surface area contributed by atoms with Crippen LogP contribution in [-0.2, 0) is 10.9 Å². The first-order valence-electron chi connectivity index (χ1n) is 9.11. The molecule has 0 unspecified atom stereocenters. The zero-order valence-corrected chi connectivity index (χ0v) is 15.9. The summed E-state index contributed by atoms with van der Waals surface area (Å²) in [5.74, 6) is 0.658. The largest absolute Gasteiger partial charge is 0.416 e. The number of hydrogen-bond donors (Lipinski definition) is 0. The third-order valence-corrected chi connectivity index (χ3v) is 6.74. The van der Waals surface area contributed by atoms with Crippen molar-refractivity contribution in [3.05, 3.63) is 113 Å². The Morgan fingerprint density at radius 2 is 1.36 bits per heavy atom. The van der Waals surface area contributed by atoms with Gasteiger partial charge in [0.1, 0.15) is 0 Å². The van der Waals surface area contributed by atoms with Crippen molar-refractivity contribution in [1.82, 2.24) is 0 Å². The molecule has 1 aliphatic heterocycles. The molecule has 0 fully saturated rings. The molecule has 4 heteroatoms. The molecule has 0 radical (unpaired) electrons. The molecule has 0 nitrogen and oxygen atoms in total. The summed E-state index contributed by atoms with van der Waals surface area (Å²) in [5.41, 5.74) is 3.44. The minimum Gasteiger partial charge on any atom is -0.166 e. The predicted octanol–water partition coefficient (Wildman–Crippen LogP) is 7.17. The first-order chi connectivity index (χ1) is 13.5. The highest BCUT2D eigenvalue weighted by molar-refractivity contribution is 8.00. The quantitative estimate of drug-likeness (QED) is 0.452. The molecule has 0 atom stereocenters. The molecule has 3 aromatic rings. The predicted molar refractivity (Wildman–Crippen MR) is 110 cm³/mol. The number of hydrogen-bond acceptors (Lipinski definition) is 1. The van der Waals surface area contributed by atoms with Gasteiger partial charge in [0, 0.05) is 5.75 Å². The van der Waals surface area contributed by atoms with Crippen LogP contribution in [0.3, 0.4) is 0 Å². The number of benzene rings is 3. The van der Waals surface area contributed by atoms with Gasteiger partial charge < -0.3 is 0 Å². The second kappa shape index (κ2) is 7.51. The molecule has 0 saturated heterocycles. The Hall–Kier alpha value is -2.46. The van der Waals surface area contributed by atoms with Crippen LogP contribution in [0.1, 0.15) is 28.7 Å². The second-order valence-corrected chi connectivity index (χ2v) is 8.13. The molecule has 1 aliphatic rings. The van der Waals surface area contributed by atoms with Crippen molar-refractivity contribution in [2.75, 3.05) is 5.75 Å². The molecule has 0 amide bonds. The Kier molecular flexibility index (Phi) is 5.07. The Morgan fingerprint density at radius 1 is 0.750 bits per heavy atom. The van der Waals surface area contributed by atoms with Gasteiger partial charge in [0.2, 0.25) is 0 Å². The molecular weight excluding hydrogens is 377 g/mol. The highest BCUT2D eigenvalue weighted by atomic mass is 32.2. The molecule has 0 aliphatic carbocycles. The fourth-order valence-corrected chi connectivity index (χ4v) is 5.16. The van der Waals surface area contributed by atoms with E-state index in [1.807, 2.05) is 36.4 Å². The SMILES string of the molecule is FC(F)(F)c1cccc(C2=CCC(c3ccccc3)(c3ccccc3)SC2)c1. The molecule has 3 aromatic carbocycles. The summed E-state index contributed by atoms with van der Waals surface area (Å²) in [6.45, 7) is 0. The number of thioether (sulfide) groups is 1. The average molecular weight is 396 g/mol. The van der Waals surface area contributed by atoms with E-state index in [9.17, 15) is 13.2 Å². The van der Waals surface area contributed by atoms with Crippen LogP contribution in [0.2, 0.25) is 0 Å². The summed E-state index contributed by atoms with van der Waals surface area (Å²) >= 11 is 1.78. The lowest BCUT2D eigenvalue weighted by atomic mass is 9.86. The minimum atomic E-state index is -4.32. The summed E-state index contributed by atoms with van der Waals surface area (Å²) in [6, 6.07) is 26.3. The van der Waals surface area contributed by atoms with E-state index in [0.29, 0.717) is 11.3 Å². The third kappa shape index (κ3) is 3.61. The number of rotatable bonds is 3. The first kappa shape index (κ1) is 18.9. The van der Waals surface area contributed by atoms with Crippen molar-refractivity contribution in [2.45, 2.75) is 17.3 Å². The van der Waals surface area contributed by atoms with Crippen LogP contribution in [0.25, 0.3) is 5.57 Å². The number of alkyl halides is 3. The smallest absolute Gasteiger partial charge is 0.166 e. The highest BCUT2D eigenvalue weighted by Gasteiger charge is 2.37. The Bertz CT molecular complexity index is 936. The van der Waals surface area contributed by atoms with E-state index >= 15 is 0 Å². The van der Waals surface area contributed by atoms with E-state index in [0.717, 1.165) is 18.1 Å². The molecule has 1 heterocycles. The molecule has 28 heavy (non-hydrogen) atoms. The van der Waals surface area contributed by atoms with Crippen LogP contribution in [-0.4, -0.2) is 5.75 Å². The summed E-state index contributed by atoms with van der Waals surface area (Å²) < 4.78 is 39.0. The standard InChI is InChI=1S/C24H19F3S/c25-24(26,27)22-13-7-8-18(16-22)19-14-15-23(28-17-19,20-9-3-1-4-10-20)21-11-5-2-6-12-21/h1-14,16H,15,17H2. The van der Waals surface area contributed by atoms with Gasteiger partial charge in [-0.05, 0) is 40.8 Å². The van der Waals surface area contributed by atoms with Gasteiger partial charge >= 0.3 is 6.18 Å². The van der Waals surface area contributed by atoms with Crippen LogP contribution >= 0.6 is 11.8 Å². The molecule has 4 rings (SSSR count). The summed E-state index contributed by atoms with van der Waals surface area (Å²) in [5, 5.41) is 0. The van der Waals surface area contributed by atoms with Crippen molar-refractivity contribution < 1.29 is 13.2 Å². The molecule has 0 N–H and O–H groups in total. The fraction of sp³-hybridized carbons (Fsp3) is 0.167. The van der Waals surface area contributed by atoms with Gasteiger partial charge in [-0.15, -0.1) is 11.8 Å². The van der Waals surface area contributed by atoms with Gasteiger partial charge in [-0.25, -0.2) is 0 Å². The molecule has 142 valence electrons. The minimum absolute atomic E-state index is 0.229. The molecular formula is C24H19F3S. The lowest BCUT2D eigenvalue weighted by Gasteiger charge is -2.37. The first-order valence-corrected chi connectivity index (χ1v) is 10.1. The van der Waals surface area contributed by atoms with Crippen molar-refractivity contribution in [3.8, 4) is 0 Å². The second-order valence-electron chi connectivity index (χ2n) is 6.86. The zero-order chi connectivity index (χ0) is 19.6. The maximum atomic E-state index is 13.1. The third-order valence-electron chi connectivity index (χ3n) is 5.15. The van der Waals surface area contributed by atoms with Crippen molar-refractivity contribution in [3.63, 3.8) is 0 Å². The lowest BCUT2D eigenvalue weighted by Crippen LogP contribution is -2.26.